The molecule has 1 aromatic carbocycles. The monoisotopic (exact) mass is 281 g/mol. The van der Waals surface area contributed by atoms with Crippen molar-refractivity contribution in [2.24, 2.45) is 0 Å². The van der Waals surface area contributed by atoms with Crippen LogP contribution in [0, 0.1) is 0 Å². The standard InChI is InChI=1S/C14H19NO3S/c16-13(10-19-12-4-2-1-3-5-12)15-11-14(17)6-8-18-9-7-14/h1-5,17H,6-11H2,(H,15,16). The smallest absolute Gasteiger partial charge is 0.230 e. The van der Waals surface area contributed by atoms with Gasteiger partial charge in [0.25, 0.3) is 0 Å². The van der Waals surface area contributed by atoms with Crippen LogP contribution in [0.15, 0.2) is 35.2 Å². The van der Waals surface area contributed by atoms with Crippen molar-refractivity contribution in [1.29, 1.82) is 0 Å². The summed E-state index contributed by atoms with van der Waals surface area (Å²) in [6, 6.07) is 9.80. The van der Waals surface area contributed by atoms with Gasteiger partial charge in [-0.3, -0.25) is 4.79 Å². The molecule has 1 fully saturated rings. The minimum absolute atomic E-state index is 0.0474. The molecule has 0 saturated carbocycles. The Hall–Kier alpha value is -1.04. The van der Waals surface area contributed by atoms with E-state index in [-0.39, 0.29) is 5.91 Å². The number of thioether (sulfide) groups is 1. The molecule has 1 heterocycles. The number of rotatable bonds is 5. The summed E-state index contributed by atoms with van der Waals surface area (Å²) in [4.78, 5) is 12.8. The molecule has 0 radical (unpaired) electrons. The molecule has 2 N–H and O–H groups in total. The Morgan fingerprint density at radius 2 is 2.00 bits per heavy atom. The number of amides is 1. The van der Waals surface area contributed by atoms with E-state index in [0.29, 0.717) is 38.4 Å². The first-order valence-electron chi connectivity index (χ1n) is 6.43. The fourth-order valence-electron chi connectivity index (χ4n) is 1.91. The maximum atomic E-state index is 11.7. The van der Waals surface area contributed by atoms with E-state index in [9.17, 15) is 9.90 Å². The second-order valence-electron chi connectivity index (χ2n) is 4.72. The third kappa shape index (κ3) is 4.86. The number of ether oxygens (including phenoxy) is 1. The number of aliphatic hydroxyl groups is 1. The molecular weight excluding hydrogens is 262 g/mol. The van der Waals surface area contributed by atoms with Gasteiger partial charge in [0.1, 0.15) is 0 Å². The summed E-state index contributed by atoms with van der Waals surface area (Å²) in [7, 11) is 0. The van der Waals surface area contributed by atoms with E-state index >= 15 is 0 Å². The fourth-order valence-corrected chi connectivity index (χ4v) is 2.66. The molecule has 4 nitrogen and oxygen atoms in total. The number of benzene rings is 1. The second kappa shape index (κ2) is 6.93. The Morgan fingerprint density at radius 3 is 2.68 bits per heavy atom. The van der Waals surface area contributed by atoms with Gasteiger partial charge >= 0.3 is 0 Å². The Balaban J connectivity index is 1.70. The maximum Gasteiger partial charge on any atom is 0.230 e. The van der Waals surface area contributed by atoms with E-state index < -0.39 is 5.60 Å². The average Bonchev–Trinajstić information content (AvgIpc) is 2.45. The van der Waals surface area contributed by atoms with Crippen molar-refractivity contribution >= 4 is 17.7 Å². The molecule has 2 rings (SSSR count). The van der Waals surface area contributed by atoms with Crippen molar-refractivity contribution in [3.05, 3.63) is 30.3 Å². The molecule has 19 heavy (non-hydrogen) atoms. The van der Waals surface area contributed by atoms with E-state index in [1.807, 2.05) is 30.3 Å². The van der Waals surface area contributed by atoms with E-state index in [2.05, 4.69) is 5.32 Å². The lowest BCUT2D eigenvalue weighted by atomic mass is 9.94. The normalized spacial score (nSPS) is 17.9. The van der Waals surface area contributed by atoms with Gasteiger partial charge in [0.2, 0.25) is 5.91 Å². The summed E-state index contributed by atoms with van der Waals surface area (Å²) >= 11 is 1.50. The van der Waals surface area contributed by atoms with Crippen LogP contribution in [-0.2, 0) is 9.53 Å². The molecule has 0 atom stereocenters. The third-order valence-corrected chi connectivity index (χ3v) is 4.16. The topological polar surface area (TPSA) is 58.6 Å². The van der Waals surface area contributed by atoms with Crippen molar-refractivity contribution in [3.63, 3.8) is 0 Å². The average molecular weight is 281 g/mol. The van der Waals surface area contributed by atoms with Gasteiger partial charge in [0.05, 0.1) is 11.4 Å². The van der Waals surface area contributed by atoms with Gasteiger partial charge in [0.15, 0.2) is 0 Å². The summed E-state index contributed by atoms with van der Waals surface area (Å²) in [6.45, 7) is 1.43. The highest BCUT2D eigenvalue weighted by atomic mass is 32.2. The number of hydrogen-bond acceptors (Lipinski definition) is 4. The molecule has 5 heteroatoms. The first kappa shape index (κ1) is 14.4. The summed E-state index contributed by atoms with van der Waals surface area (Å²) in [5.41, 5.74) is -0.800. The Bertz CT molecular complexity index is 404. The first-order valence-corrected chi connectivity index (χ1v) is 7.41. The van der Waals surface area contributed by atoms with Crippen molar-refractivity contribution in [1.82, 2.24) is 5.32 Å². The zero-order valence-electron chi connectivity index (χ0n) is 10.8. The fraction of sp³-hybridized carbons (Fsp3) is 0.500. The van der Waals surface area contributed by atoms with Crippen molar-refractivity contribution in [3.8, 4) is 0 Å². The Kier molecular flexibility index (Phi) is 5.24. The molecule has 0 aliphatic carbocycles. The summed E-state index contributed by atoms with van der Waals surface area (Å²) in [5.74, 6) is 0.324. The largest absolute Gasteiger partial charge is 0.388 e. The molecule has 1 aromatic rings. The van der Waals surface area contributed by atoms with Gasteiger partial charge in [-0.15, -0.1) is 11.8 Å². The number of carbonyl (C=O) groups is 1. The van der Waals surface area contributed by atoms with Crippen LogP contribution in [0.4, 0.5) is 0 Å². The van der Waals surface area contributed by atoms with Crippen molar-refractivity contribution in [2.45, 2.75) is 23.3 Å². The van der Waals surface area contributed by atoms with Crippen molar-refractivity contribution in [2.75, 3.05) is 25.5 Å². The third-order valence-electron chi connectivity index (χ3n) is 3.15. The van der Waals surface area contributed by atoms with E-state index in [1.165, 1.54) is 11.8 Å². The van der Waals surface area contributed by atoms with Crippen LogP contribution in [0.1, 0.15) is 12.8 Å². The van der Waals surface area contributed by atoms with Gasteiger partial charge in [-0.05, 0) is 12.1 Å². The molecule has 1 aliphatic rings. The minimum Gasteiger partial charge on any atom is -0.388 e. The maximum absolute atomic E-state index is 11.7. The molecule has 0 aromatic heterocycles. The summed E-state index contributed by atoms with van der Waals surface area (Å²) in [6.07, 6.45) is 1.16. The van der Waals surface area contributed by atoms with Crippen molar-refractivity contribution < 1.29 is 14.6 Å². The van der Waals surface area contributed by atoms with Gasteiger partial charge in [-0.1, -0.05) is 18.2 Å². The molecule has 0 bridgehead atoms. The van der Waals surface area contributed by atoms with Crippen LogP contribution < -0.4 is 5.32 Å². The predicted molar refractivity (Wildman–Crippen MR) is 75.2 cm³/mol. The highest BCUT2D eigenvalue weighted by Gasteiger charge is 2.29. The molecular formula is C14H19NO3S. The quantitative estimate of drug-likeness (QED) is 0.802. The molecule has 104 valence electrons. The highest BCUT2D eigenvalue weighted by molar-refractivity contribution is 8.00. The lowest BCUT2D eigenvalue weighted by Gasteiger charge is -2.32. The number of nitrogens with one attached hydrogen (secondary N) is 1. The van der Waals surface area contributed by atoms with E-state index in [4.69, 9.17) is 4.74 Å². The van der Waals surface area contributed by atoms with Gasteiger partial charge in [-0.2, -0.15) is 0 Å². The molecule has 1 saturated heterocycles. The highest BCUT2D eigenvalue weighted by Crippen LogP contribution is 2.20. The SMILES string of the molecule is O=C(CSc1ccccc1)NCC1(O)CCOCC1. The van der Waals surface area contributed by atoms with Gasteiger partial charge < -0.3 is 15.2 Å². The lowest BCUT2D eigenvalue weighted by molar-refractivity contribution is -0.121. The summed E-state index contributed by atoms with van der Waals surface area (Å²) in [5, 5.41) is 13.0. The van der Waals surface area contributed by atoms with Gasteiger partial charge in [0, 0.05) is 37.5 Å². The zero-order chi connectivity index (χ0) is 13.6. The zero-order valence-corrected chi connectivity index (χ0v) is 11.6. The first-order chi connectivity index (χ1) is 9.18. The molecule has 1 aliphatic heterocycles. The molecule has 0 unspecified atom stereocenters. The predicted octanol–water partition coefficient (Wildman–Crippen LogP) is 1.44. The Morgan fingerprint density at radius 1 is 1.32 bits per heavy atom. The molecule has 0 spiro atoms. The van der Waals surface area contributed by atoms with Crippen LogP contribution in [0.3, 0.4) is 0 Å². The number of hydrogen-bond donors (Lipinski definition) is 2. The van der Waals surface area contributed by atoms with Gasteiger partial charge in [-0.25, -0.2) is 0 Å². The second-order valence-corrected chi connectivity index (χ2v) is 5.76. The van der Waals surface area contributed by atoms with Crippen LogP contribution >= 0.6 is 11.8 Å². The van der Waals surface area contributed by atoms with Crippen LogP contribution in [-0.4, -0.2) is 42.1 Å². The Labute approximate surface area is 117 Å². The summed E-state index contributed by atoms with van der Waals surface area (Å²) < 4.78 is 5.20. The van der Waals surface area contributed by atoms with Crippen LogP contribution in [0.5, 0.6) is 0 Å². The molecule has 1 amide bonds. The lowest BCUT2D eigenvalue weighted by Crippen LogP contribution is -2.47. The van der Waals surface area contributed by atoms with Crippen LogP contribution in [0.2, 0.25) is 0 Å². The van der Waals surface area contributed by atoms with Crippen LogP contribution in [0.25, 0.3) is 0 Å². The van der Waals surface area contributed by atoms with E-state index in [0.717, 1.165) is 4.90 Å². The van der Waals surface area contributed by atoms with E-state index in [1.54, 1.807) is 0 Å². The minimum atomic E-state index is -0.800. The number of carbonyl (C=O) groups excluding carboxylic acids is 1.